The van der Waals surface area contributed by atoms with E-state index in [-0.39, 0.29) is 11.9 Å². The second-order valence-electron chi connectivity index (χ2n) is 5.97. The lowest BCUT2D eigenvalue weighted by Gasteiger charge is -2.29. The second kappa shape index (κ2) is 5.94. The number of benzene rings is 1. The number of likely N-dealkylation sites (tertiary alicyclic amines) is 1. The molecule has 1 saturated heterocycles. The Balaban J connectivity index is 1.53. The van der Waals surface area contributed by atoms with Crippen LogP contribution in [0.25, 0.3) is 0 Å². The van der Waals surface area contributed by atoms with E-state index in [1.54, 1.807) is 0 Å². The van der Waals surface area contributed by atoms with Gasteiger partial charge in [-0.3, -0.25) is 9.69 Å². The second-order valence-corrected chi connectivity index (χ2v) is 5.97. The molecule has 1 heterocycles. The molecule has 0 bridgehead atoms. The van der Waals surface area contributed by atoms with E-state index in [2.05, 4.69) is 34.5 Å². The van der Waals surface area contributed by atoms with Crippen molar-refractivity contribution in [3.63, 3.8) is 0 Å². The number of rotatable bonds is 3. The molecular formula is C16H23N3O. The molecule has 3 N–H and O–H groups in total. The van der Waals surface area contributed by atoms with Gasteiger partial charge in [-0.25, -0.2) is 0 Å². The molecule has 1 aliphatic heterocycles. The molecule has 0 radical (unpaired) electrons. The van der Waals surface area contributed by atoms with Crippen LogP contribution < -0.4 is 11.1 Å². The molecule has 4 nitrogen and oxygen atoms in total. The Hall–Kier alpha value is -1.39. The number of hydrogen-bond donors (Lipinski definition) is 2. The minimum absolute atomic E-state index is 0.141. The van der Waals surface area contributed by atoms with Crippen LogP contribution in [0.15, 0.2) is 24.3 Å². The van der Waals surface area contributed by atoms with E-state index in [4.69, 9.17) is 5.73 Å². The van der Waals surface area contributed by atoms with Crippen LogP contribution in [0.2, 0.25) is 0 Å². The fraction of sp³-hybridized carbons (Fsp3) is 0.562. The predicted molar refractivity (Wildman–Crippen MR) is 79.3 cm³/mol. The highest BCUT2D eigenvalue weighted by Gasteiger charge is 2.24. The highest BCUT2D eigenvalue weighted by Crippen LogP contribution is 2.30. The highest BCUT2D eigenvalue weighted by atomic mass is 16.2. The van der Waals surface area contributed by atoms with Gasteiger partial charge in [0.05, 0.1) is 12.6 Å². The summed E-state index contributed by atoms with van der Waals surface area (Å²) in [6.45, 7) is 2.39. The zero-order chi connectivity index (χ0) is 13.9. The average Bonchev–Trinajstić information content (AvgIpc) is 2.85. The largest absolute Gasteiger partial charge is 0.348 e. The van der Waals surface area contributed by atoms with Crippen molar-refractivity contribution in [3.05, 3.63) is 35.4 Å². The number of carbonyl (C=O) groups excluding carboxylic acids is 1. The van der Waals surface area contributed by atoms with Gasteiger partial charge in [-0.15, -0.1) is 0 Å². The van der Waals surface area contributed by atoms with Gasteiger partial charge in [-0.2, -0.15) is 0 Å². The first-order valence-electron chi connectivity index (χ1n) is 7.57. The lowest BCUT2D eigenvalue weighted by atomic mass is 10.1. The van der Waals surface area contributed by atoms with Crippen molar-refractivity contribution < 1.29 is 4.79 Å². The number of nitrogens with one attached hydrogen (secondary N) is 1. The molecule has 108 valence electrons. The van der Waals surface area contributed by atoms with Crippen LogP contribution >= 0.6 is 0 Å². The highest BCUT2D eigenvalue weighted by molar-refractivity contribution is 5.78. The summed E-state index contributed by atoms with van der Waals surface area (Å²) in [7, 11) is 0. The number of nitrogens with zero attached hydrogens (tertiary/aromatic N) is 1. The molecule has 1 aliphatic carbocycles. The van der Waals surface area contributed by atoms with Crippen LogP contribution in [0, 0.1) is 0 Å². The molecule has 1 amide bonds. The Morgan fingerprint density at radius 2 is 2.00 bits per heavy atom. The average molecular weight is 273 g/mol. The number of fused-ring (bicyclic) bond motifs is 1. The fourth-order valence-electron chi connectivity index (χ4n) is 3.26. The first-order chi connectivity index (χ1) is 9.72. The summed E-state index contributed by atoms with van der Waals surface area (Å²) in [4.78, 5) is 14.4. The van der Waals surface area contributed by atoms with Gasteiger partial charge in [-0.05, 0) is 36.8 Å². The van der Waals surface area contributed by atoms with Crippen molar-refractivity contribution in [3.8, 4) is 0 Å². The van der Waals surface area contributed by atoms with Crippen molar-refractivity contribution >= 4 is 5.91 Å². The minimum Gasteiger partial charge on any atom is -0.348 e. The maximum atomic E-state index is 12.2. The number of amides is 1. The topological polar surface area (TPSA) is 58.4 Å². The van der Waals surface area contributed by atoms with Crippen LogP contribution in [-0.2, 0) is 11.2 Å². The molecule has 1 atom stereocenters. The van der Waals surface area contributed by atoms with Gasteiger partial charge in [0.1, 0.15) is 0 Å². The monoisotopic (exact) mass is 273 g/mol. The fourth-order valence-corrected chi connectivity index (χ4v) is 3.26. The Morgan fingerprint density at radius 3 is 2.80 bits per heavy atom. The van der Waals surface area contributed by atoms with Crippen molar-refractivity contribution in [2.75, 3.05) is 19.6 Å². The predicted octanol–water partition coefficient (Wildman–Crippen LogP) is 1.21. The third-order valence-corrected chi connectivity index (χ3v) is 4.47. The summed E-state index contributed by atoms with van der Waals surface area (Å²) in [5.74, 6) is 0.141. The first-order valence-corrected chi connectivity index (χ1v) is 7.57. The minimum atomic E-state index is 0.141. The van der Waals surface area contributed by atoms with Gasteiger partial charge in [0.2, 0.25) is 5.91 Å². The zero-order valence-electron chi connectivity index (χ0n) is 11.8. The lowest BCUT2D eigenvalue weighted by Crippen LogP contribution is -2.45. The number of carbonyl (C=O) groups is 1. The number of aryl methyl sites for hydroxylation is 1. The molecule has 3 rings (SSSR count). The Morgan fingerprint density at radius 1 is 1.25 bits per heavy atom. The van der Waals surface area contributed by atoms with Gasteiger partial charge in [0.15, 0.2) is 0 Å². The SMILES string of the molecule is NC1CCN(CC(=O)NC2CCc3ccccc32)CC1. The van der Waals surface area contributed by atoms with Crippen molar-refractivity contribution in [2.24, 2.45) is 5.73 Å². The Labute approximate surface area is 120 Å². The van der Waals surface area contributed by atoms with E-state index in [1.807, 2.05) is 0 Å². The third-order valence-electron chi connectivity index (χ3n) is 4.47. The van der Waals surface area contributed by atoms with Gasteiger partial charge in [0, 0.05) is 19.1 Å². The standard InChI is InChI=1S/C16H23N3O/c17-13-7-9-19(10-8-13)11-16(20)18-15-6-5-12-3-1-2-4-14(12)15/h1-4,13,15H,5-11,17H2,(H,18,20). The van der Waals surface area contributed by atoms with E-state index in [1.165, 1.54) is 11.1 Å². The summed E-state index contributed by atoms with van der Waals surface area (Å²) in [5.41, 5.74) is 8.56. The summed E-state index contributed by atoms with van der Waals surface area (Å²) in [6.07, 6.45) is 4.09. The van der Waals surface area contributed by atoms with Gasteiger partial charge < -0.3 is 11.1 Å². The maximum Gasteiger partial charge on any atom is 0.234 e. The molecule has 0 saturated carbocycles. The van der Waals surface area contributed by atoms with Crippen LogP contribution in [0.1, 0.15) is 36.4 Å². The molecule has 1 aromatic carbocycles. The summed E-state index contributed by atoms with van der Waals surface area (Å²) in [6, 6.07) is 8.93. The Bertz CT molecular complexity index is 480. The normalized spacial score (nSPS) is 23.6. The number of piperidine rings is 1. The molecule has 2 aliphatic rings. The molecular weight excluding hydrogens is 250 g/mol. The first kappa shape index (κ1) is 13.6. The van der Waals surface area contributed by atoms with E-state index < -0.39 is 0 Å². The smallest absolute Gasteiger partial charge is 0.234 e. The van der Waals surface area contributed by atoms with Crippen LogP contribution in [0.5, 0.6) is 0 Å². The van der Waals surface area contributed by atoms with E-state index in [9.17, 15) is 4.79 Å². The molecule has 1 aromatic rings. The van der Waals surface area contributed by atoms with Crippen molar-refractivity contribution in [1.29, 1.82) is 0 Å². The zero-order valence-corrected chi connectivity index (χ0v) is 11.8. The van der Waals surface area contributed by atoms with Crippen molar-refractivity contribution in [1.82, 2.24) is 10.2 Å². The van der Waals surface area contributed by atoms with E-state index in [0.29, 0.717) is 12.6 Å². The van der Waals surface area contributed by atoms with Gasteiger partial charge in [-0.1, -0.05) is 24.3 Å². The van der Waals surface area contributed by atoms with E-state index >= 15 is 0 Å². The molecule has 1 unspecified atom stereocenters. The summed E-state index contributed by atoms with van der Waals surface area (Å²) in [5, 5.41) is 3.18. The Kier molecular flexibility index (Phi) is 4.03. The van der Waals surface area contributed by atoms with Gasteiger partial charge >= 0.3 is 0 Å². The summed E-state index contributed by atoms with van der Waals surface area (Å²) >= 11 is 0. The molecule has 1 fully saturated rings. The molecule has 4 heteroatoms. The number of hydrogen-bond acceptors (Lipinski definition) is 3. The quantitative estimate of drug-likeness (QED) is 0.870. The van der Waals surface area contributed by atoms with Crippen LogP contribution in [-0.4, -0.2) is 36.5 Å². The third kappa shape index (κ3) is 3.02. The van der Waals surface area contributed by atoms with Crippen LogP contribution in [0.3, 0.4) is 0 Å². The van der Waals surface area contributed by atoms with Crippen molar-refractivity contribution in [2.45, 2.75) is 37.8 Å². The van der Waals surface area contributed by atoms with Crippen LogP contribution in [0.4, 0.5) is 0 Å². The lowest BCUT2D eigenvalue weighted by molar-refractivity contribution is -0.123. The van der Waals surface area contributed by atoms with E-state index in [0.717, 1.165) is 38.8 Å². The maximum absolute atomic E-state index is 12.2. The molecule has 20 heavy (non-hydrogen) atoms. The summed E-state index contributed by atoms with van der Waals surface area (Å²) < 4.78 is 0. The van der Waals surface area contributed by atoms with Gasteiger partial charge in [0.25, 0.3) is 0 Å². The molecule has 0 aromatic heterocycles. The number of nitrogens with two attached hydrogens (primary N) is 1. The molecule has 0 spiro atoms.